The van der Waals surface area contributed by atoms with Gasteiger partial charge in [0.15, 0.2) is 0 Å². The molecule has 4 nitrogen and oxygen atoms in total. The standard InChI is InChI=1S/C13H18N2O2.Na/c1-14-5-7-15(8-6-14)12-4-2-3-11(9-12)10-13(16)17;/h2-4,9H,5-8,10H2,1H3,(H,16,17);/q;+1/p-1. The molecule has 5 heteroatoms. The number of aliphatic carboxylic acids is 1. The fourth-order valence-corrected chi connectivity index (χ4v) is 2.09. The van der Waals surface area contributed by atoms with E-state index >= 15 is 0 Å². The second-order valence-corrected chi connectivity index (χ2v) is 4.51. The van der Waals surface area contributed by atoms with E-state index in [-0.39, 0.29) is 36.0 Å². The molecule has 18 heavy (non-hydrogen) atoms. The maximum atomic E-state index is 10.6. The van der Waals surface area contributed by atoms with Gasteiger partial charge in [0.1, 0.15) is 0 Å². The first-order valence-electron chi connectivity index (χ1n) is 5.87. The Hall–Kier alpha value is -0.550. The molecule has 0 bridgehead atoms. The molecule has 0 radical (unpaired) electrons. The minimum Gasteiger partial charge on any atom is -0.550 e. The zero-order valence-corrected chi connectivity index (χ0v) is 13.1. The average Bonchev–Trinajstić information content (AvgIpc) is 2.29. The summed E-state index contributed by atoms with van der Waals surface area (Å²) in [7, 11) is 2.11. The predicted molar refractivity (Wildman–Crippen MR) is 64.9 cm³/mol. The van der Waals surface area contributed by atoms with Crippen LogP contribution in [0, 0.1) is 0 Å². The van der Waals surface area contributed by atoms with Crippen molar-refractivity contribution in [3.63, 3.8) is 0 Å². The van der Waals surface area contributed by atoms with E-state index in [1.807, 2.05) is 24.3 Å². The molecule has 1 aliphatic heterocycles. The summed E-state index contributed by atoms with van der Waals surface area (Å²) in [6.07, 6.45) is -0.0123. The fourth-order valence-electron chi connectivity index (χ4n) is 2.09. The molecule has 1 aromatic rings. The number of carboxylic acids is 1. The van der Waals surface area contributed by atoms with Crippen LogP contribution in [0.3, 0.4) is 0 Å². The maximum absolute atomic E-state index is 10.6. The number of nitrogens with zero attached hydrogens (tertiary/aromatic N) is 2. The Morgan fingerprint density at radius 3 is 2.56 bits per heavy atom. The zero-order chi connectivity index (χ0) is 12.3. The summed E-state index contributed by atoms with van der Waals surface area (Å²) in [5.41, 5.74) is 1.92. The van der Waals surface area contributed by atoms with Gasteiger partial charge in [-0.15, -0.1) is 0 Å². The zero-order valence-electron chi connectivity index (χ0n) is 11.1. The first-order valence-corrected chi connectivity index (χ1v) is 5.87. The normalized spacial score (nSPS) is 16.2. The van der Waals surface area contributed by atoms with E-state index in [1.165, 1.54) is 0 Å². The third kappa shape index (κ3) is 4.28. The molecular weight excluding hydrogens is 239 g/mol. The average molecular weight is 256 g/mol. The molecule has 0 atom stereocenters. The Bertz CT molecular complexity index is 404. The molecule has 2 rings (SSSR count). The molecule has 0 saturated carbocycles. The van der Waals surface area contributed by atoms with Gasteiger partial charge in [-0.25, -0.2) is 0 Å². The van der Waals surface area contributed by atoms with Gasteiger partial charge in [-0.2, -0.15) is 0 Å². The van der Waals surface area contributed by atoms with Crippen molar-refractivity contribution in [2.75, 3.05) is 38.1 Å². The Labute approximate surface area is 130 Å². The van der Waals surface area contributed by atoms with Crippen LogP contribution in [-0.4, -0.2) is 44.1 Å². The third-order valence-corrected chi connectivity index (χ3v) is 3.13. The molecule has 1 saturated heterocycles. The van der Waals surface area contributed by atoms with Gasteiger partial charge in [0.25, 0.3) is 0 Å². The molecule has 92 valence electrons. The summed E-state index contributed by atoms with van der Waals surface area (Å²) in [4.78, 5) is 15.2. The van der Waals surface area contributed by atoms with Gasteiger partial charge in [0.2, 0.25) is 0 Å². The molecule has 1 aromatic carbocycles. The SMILES string of the molecule is CN1CCN(c2cccc(CC(=O)[O-])c2)CC1.[Na+]. The second kappa shape index (κ2) is 7.14. The van der Waals surface area contributed by atoms with Gasteiger partial charge < -0.3 is 19.7 Å². The summed E-state index contributed by atoms with van der Waals surface area (Å²) in [5.74, 6) is -1.03. The molecule has 0 spiro atoms. The maximum Gasteiger partial charge on any atom is 1.00 e. The smallest absolute Gasteiger partial charge is 0.550 e. The summed E-state index contributed by atoms with van der Waals surface area (Å²) < 4.78 is 0. The molecule has 0 amide bonds. The minimum absolute atomic E-state index is 0. The van der Waals surface area contributed by atoms with E-state index in [0.29, 0.717) is 0 Å². The number of carbonyl (C=O) groups excluding carboxylic acids is 1. The van der Waals surface area contributed by atoms with Crippen molar-refractivity contribution in [2.24, 2.45) is 0 Å². The van der Waals surface area contributed by atoms with Crippen LogP contribution in [0.2, 0.25) is 0 Å². The van der Waals surface area contributed by atoms with Crippen LogP contribution in [0.25, 0.3) is 0 Å². The number of carboxylic acid groups (broad SMARTS) is 1. The Kier molecular flexibility index (Phi) is 6.15. The molecule has 1 heterocycles. The monoisotopic (exact) mass is 256 g/mol. The molecule has 0 aromatic heterocycles. The fraction of sp³-hybridized carbons (Fsp3) is 0.462. The Balaban J connectivity index is 0.00000162. The third-order valence-electron chi connectivity index (χ3n) is 3.13. The van der Waals surface area contributed by atoms with Crippen LogP contribution >= 0.6 is 0 Å². The van der Waals surface area contributed by atoms with Gasteiger partial charge in [-0.05, 0) is 24.7 Å². The van der Waals surface area contributed by atoms with E-state index in [0.717, 1.165) is 37.4 Å². The topological polar surface area (TPSA) is 46.6 Å². The first kappa shape index (κ1) is 15.5. The molecular formula is C13H17N2NaO2. The van der Waals surface area contributed by atoms with Gasteiger partial charge >= 0.3 is 29.6 Å². The van der Waals surface area contributed by atoms with Crippen LogP contribution in [0.1, 0.15) is 5.56 Å². The van der Waals surface area contributed by atoms with Crippen LogP contribution in [0.4, 0.5) is 5.69 Å². The van der Waals surface area contributed by atoms with Crippen molar-refractivity contribution in [2.45, 2.75) is 6.42 Å². The number of benzene rings is 1. The van der Waals surface area contributed by atoms with Crippen molar-refractivity contribution < 1.29 is 39.5 Å². The van der Waals surface area contributed by atoms with Crippen molar-refractivity contribution in [1.29, 1.82) is 0 Å². The Morgan fingerprint density at radius 1 is 1.28 bits per heavy atom. The predicted octanol–water partition coefficient (Wildman–Crippen LogP) is -3.27. The quantitative estimate of drug-likeness (QED) is 0.533. The molecule has 1 fully saturated rings. The van der Waals surface area contributed by atoms with Gasteiger partial charge in [0.05, 0.1) is 0 Å². The number of carbonyl (C=O) groups is 1. The Morgan fingerprint density at radius 2 is 1.94 bits per heavy atom. The molecule has 1 aliphatic rings. The van der Waals surface area contributed by atoms with E-state index < -0.39 is 5.97 Å². The van der Waals surface area contributed by atoms with Crippen LogP contribution in [-0.2, 0) is 11.2 Å². The number of piperazine rings is 1. The summed E-state index contributed by atoms with van der Waals surface area (Å²) in [6.45, 7) is 4.08. The van der Waals surface area contributed by atoms with Gasteiger partial charge in [0, 0.05) is 44.3 Å². The van der Waals surface area contributed by atoms with Crippen molar-refractivity contribution in [3.05, 3.63) is 29.8 Å². The van der Waals surface area contributed by atoms with E-state index in [2.05, 4.69) is 16.8 Å². The van der Waals surface area contributed by atoms with Crippen LogP contribution in [0.5, 0.6) is 0 Å². The van der Waals surface area contributed by atoms with Gasteiger partial charge in [-0.3, -0.25) is 0 Å². The molecule has 0 unspecified atom stereocenters. The summed E-state index contributed by atoms with van der Waals surface area (Å²) in [6, 6.07) is 7.71. The number of anilines is 1. The summed E-state index contributed by atoms with van der Waals surface area (Å²) in [5, 5.41) is 10.6. The number of rotatable bonds is 3. The largest absolute Gasteiger partial charge is 1.00 e. The van der Waals surface area contributed by atoms with Crippen LogP contribution < -0.4 is 39.6 Å². The molecule has 0 N–H and O–H groups in total. The van der Waals surface area contributed by atoms with Crippen molar-refractivity contribution >= 4 is 11.7 Å². The minimum atomic E-state index is -1.03. The molecule has 0 aliphatic carbocycles. The van der Waals surface area contributed by atoms with E-state index in [4.69, 9.17) is 0 Å². The van der Waals surface area contributed by atoms with Crippen molar-refractivity contribution in [3.8, 4) is 0 Å². The van der Waals surface area contributed by atoms with E-state index in [9.17, 15) is 9.90 Å². The first-order chi connectivity index (χ1) is 8.15. The number of likely N-dealkylation sites (N-methyl/N-ethyl adjacent to an activating group) is 1. The number of hydrogen-bond acceptors (Lipinski definition) is 4. The van der Waals surface area contributed by atoms with Crippen LogP contribution in [0.15, 0.2) is 24.3 Å². The second-order valence-electron chi connectivity index (χ2n) is 4.51. The van der Waals surface area contributed by atoms with Crippen molar-refractivity contribution in [1.82, 2.24) is 4.90 Å². The number of hydrogen-bond donors (Lipinski definition) is 0. The summed E-state index contributed by atoms with van der Waals surface area (Å²) >= 11 is 0. The van der Waals surface area contributed by atoms with E-state index in [1.54, 1.807) is 0 Å². The van der Waals surface area contributed by atoms with Gasteiger partial charge in [-0.1, -0.05) is 12.1 Å².